The molecule has 0 aromatic heterocycles. The highest BCUT2D eigenvalue weighted by molar-refractivity contribution is 5.78. The van der Waals surface area contributed by atoms with Gasteiger partial charge in [-0.2, -0.15) is 0 Å². The molecule has 5 rings (SSSR count). The van der Waals surface area contributed by atoms with E-state index < -0.39 is 0 Å². The molecular formula is C21H27NO4. The Kier molecular flexibility index (Phi) is 4.63. The Bertz CT molecular complexity index is 664. The van der Waals surface area contributed by atoms with Crippen LogP contribution in [0.5, 0.6) is 11.5 Å². The molecule has 0 spiro atoms. The molecule has 4 fully saturated rings. The predicted molar refractivity (Wildman–Crippen MR) is 97.5 cm³/mol. The normalized spacial score (nSPS) is 31.5. The first kappa shape index (κ1) is 17.4. The molecule has 4 saturated carbocycles. The van der Waals surface area contributed by atoms with E-state index in [-0.39, 0.29) is 12.5 Å². The molecule has 4 aliphatic carbocycles. The minimum absolute atomic E-state index is 0.0644. The lowest BCUT2D eigenvalue weighted by molar-refractivity contribution is -0.125. The van der Waals surface area contributed by atoms with Crippen molar-refractivity contribution in [1.29, 1.82) is 0 Å². The van der Waals surface area contributed by atoms with Gasteiger partial charge in [0, 0.05) is 12.1 Å². The van der Waals surface area contributed by atoms with Crippen molar-refractivity contribution in [2.45, 2.75) is 38.5 Å². The first-order valence-corrected chi connectivity index (χ1v) is 9.62. The molecule has 0 atom stereocenters. The number of nitrogens with one attached hydrogen (secondary N) is 1. The van der Waals surface area contributed by atoms with Crippen LogP contribution in [0.1, 0.15) is 48.9 Å². The van der Waals surface area contributed by atoms with E-state index >= 15 is 0 Å². The van der Waals surface area contributed by atoms with Gasteiger partial charge in [0.1, 0.15) is 6.29 Å². The lowest BCUT2D eigenvalue weighted by atomic mass is 9.49. The second kappa shape index (κ2) is 6.93. The molecule has 0 unspecified atom stereocenters. The van der Waals surface area contributed by atoms with E-state index in [0.717, 1.165) is 30.6 Å². The summed E-state index contributed by atoms with van der Waals surface area (Å²) in [7, 11) is 1.54. The van der Waals surface area contributed by atoms with Crippen LogP contribution in [-0.2, 0) is 4.79 Å². The number of benzene rings is 1. The van der Waals surface area contributed by atoms with E-state index in [9.17, 15) is 9.59 Å². The van der Waals surface area contributed by atoms with E-state index in [1.807, 2.05) is 0 Å². The van der Waals surface area contributed by atoms with E-state index in [1.54, 1.807) is 18.2 Å². The Morgan fingerprint density at radius 1 is 1.15 bits per heavy atom. The van der Waals surface area contributed by atoms with Gasteiger partial charge in [-0.3, -0.25) is 9.59 Å². The van der Waals surface area contributed by atoms with Gasteiger partial charge in [0.2, 0.25) is 0 Å². The molecule has 4 bridgehead atoms. The molecule has 1 N–H and O–H groups in total. The molecule has 0 heterocycles. The summed E-state index contributed by atoms with van der Waals surface area (Å²) in [5.41, 5.74) is 0.814. The van der Waals surface area contributed by atoms with Crippen LogP contribution in [0.15, 0.2) is 18.2 Å². The molecule has 4 aliphatic rings. The third kappa shape index (κ3) is 3.44. The number of rotatable bonds is 7. The topological polar surface area (TPSA) is 64.6 Å². The van der Waals surface area contributed by atoms with Crippen LogP contribution in [0.2, 0.25) is 0 Å². The van der Waals surface area contributed by atoms with Crippen molar-refractivity contribution in [1.82, 2.24) is 5.32 Å². The predicted octanol–water partition coefficient (Wildman–Crippen LogP) is 3.22. The molecule has 1 amide bonds. The van der Waals surface area contributed by atoms with Crippen LogP contribution in [0.3, 0.4) is 0 Å². The van der Waals surface area contributed by atoms with Crippen molar-refractivity contribution in [3.05, 3.63) is 23.8 Å². The fourth-order valence-electron chi connectivity index (χ4n) is 5.87. The Labute approximate surface area is 154 Å². The summed E-state index contributed by atoms with van der Waals surface area (Å²) in [6.07, 6.45) is 8.79. The van der Waals surface area contributed by atoms with Gasteiger partial charge in [-0.05, 0) is 79.9 Å². The van der Waals surface area contributed by atoms with Gasteiger partial charge in [0.25, 0.3) is 5.91 Å². The quantitative estimate of drug-likeness (QED) is 0.761. The van der Waals surface area contributed by atoms with Crippen LogP contribution < -0.4 is 14.8 Å². The second-order valence-electron chi connectivity index (χ2n) is 8.51. The molecule has 26 heavy (non-hydrogen) atoms. The lowest BCUT2D eigenvalue weighted by Crippen LogP contribution is -2.51. The van der Waals surface area contributed by atoms with Crippen LogP contribution in [0.25, 0.3) is 0 Å². The molecule has 1 aromatic rings. The Morgan fingerprint density at radius 2 is 1.81 bits per heavy atom. The summed E-state index contributed by atoms with van der Waals surface area (Å²) in [6, 6.07) is 4.93. The van der Waals surface area contributed by atoms with Gasteiger partial charge in [0.05, 0.1) is 7.11 Å². The highest BCUT2D eigenvalue weighted by Gasteiger charge is 2.50. The highest BCUT2D eigenvalue weighted by atomic mass is 16.5. The van der Waals surface area contributed by atoms with Crippen molar-refractivity contribution in [3.63, 3.8) is 0 Å². The van der Waals surface area contributed by atoms with Gasteiger partial charge in [-0.1, -0.05) is 0 Å². The van der Waals surface area contributed by atoms with E-state index in [0.29, 0.717) is 22.5 Å². The fourth-order valence-corrected chi connectivity index (χ4v) is 5.87. The Morgan fingerprint density at radius 3 is 2.38 bits per heavy atom. The molecule has 0 saturated heterocycles. The Hall–Kier alpha value is -2.04. The minimum atomic E-state index is -0.112. The molecule has 0 aliphatic heterocycles. The maximum Gasteiger partial charge on any atom is 0.257 e. The molecule has 140 valence electrons. The summed E-state index contributed by atoms with van der Waals surface area (Å²) in [5, 5.41) is 3.10. The number of carbonyl (C=O) groups is 2. The highest BCUT2D eigenvalue weighted by Crippen LogP contribution is 2.59. The van der Waals surface area contributed by atoms with Crippen molar-refractivity contribution >= 4 is 12.2 Å². The first-order valence-electron chi connectivity index (χ1n) is 9.62. The van der Waals surface area contributed by atoms with Crippen molar-refractivity contribution in [2.24, 2.45) is 23.2 Å². The number of hydrogen-bond donors (Lipinski definition) is 1. The Balaban J connectivity index is 1.32. The monoisotopic (exact) mass is 357 g/mol. The van der Waals surface area contributed by atoms with E-state index in [1.165, 1.54) is 45.6 Å². The number of amides is 1. The number of aldehydes is 1. The molecule has 1 aromatic carbocycles. The van der Waals surface area contributed by atoms with Crippen LogP contribution in [0, 0.1) is 23.2 Å². The molecular weight excluding hydrogens is 330 g/mol. The first-order chi connectivity index (χ1) is 12.6. The number of methoxy groups -OCH3 is 1. The standard InChI is InChI=1S/C21H27NO4/c1-25-18-3-2-14(11-23)7-19(18)26-12-20(24)22-13-21-8-15-4-16(9-21)6-17(5-15)10-21/h2-3,7,11,15-17H,4-6,8-10,12-13H2,1H3,(H,22,24). The van der Waals surface area contributed by atoms with Gasteiger partial charge in [-0.15, -0.1) is 0 Å². The van der Waals surface area contributed by atoms with Crippen molar-refractivity contribution in [2.75, 3.05) is 20.3 Å². The average Bonchev–Trinajstić information content (AvgIpc) is 2.63. The summed E-state index contributed by atoms with van der Waals surface area (Å²) < 4.78 is 10.8. The number of ether oxygens (including phenoxy) is 2. The fraction of sp³-hybridized carbons (Fsp3) is 0.619. The third-order valence-electron chi connectivity index (χ3n) is 6.51. The zero-order chi connectivity index (χ0) is 18.1. The maximum atomic E-state index is 12.3. The van der Waals surface area contributed by atoms with Crippen LogP contribution in [-0.4, -0.2) is 32.5 Å². The van der Waals surface area contributed by atoms with E-state index in [4.69, 9.17) is 9.47 Å². The van der Waals surface area contributed by atoms with Crippen molar-refractivity contribution in [3.8, 4) is 11.5 Å². The zero-order valence-electron chi connectivity index (χ0n) is 15.3. The largest absolute Gasteiger partial charge is 0.493 e. The van der Waals surface area contributed by atoms with Crippen LogP contribution in [0.4, 0.5) is 0 Å². The lowest BCUT2D eigenvalue weighted by Gasteiger charge is -2.56. The summed E-state index contributed by atoms with van der Waals surface area (Å²) in [4.78, 5) is 23.2. The number of carbonyl (C=O) groups excluding carboxylic acids is 2. The molecule has 5 heteroatoms. The minimum Gasteiger partial charge on any atom is -0.493 e. The summed E-state index contributed by atoms with van der Waals surface area (Å²) in [5.74, 6) is 3.46. The van der Waals surface area contributed by atoms with Gasteiger partial charge < -0.3 is 14.8 Å². The van der Waals surface area contributed by atoms with Gasteiger partial charge in [0.15, 0.2) is 18.1 Å². The van der Waals surface area contributed by atoms with Gasteiger partial charge in [-0.25, -0.2) is 0 Å². The van der Waals surface area contributed by atoms with Gasteiger partial charge >= 0.3 is 0 Å². The third-order valence-corrected chi connectivity index (χ3v) is 6.51. The zero-order valence-corrected chi connectivity index (χ0v) is 15.3. The second-order valence-corrected chi connectivity index (χ2v) is 8.51. The molecule has 0 radical (unpaired) electrons. The number of hydrogen-bond acceptors (Lipinski definition) is 4. The maximum absolute atomic E-state index is 12.3. The van der Waals surface area contributed by atoms with Crippen molar-refractivity contribution < 1.29 is 19.1 Å². The van der Waals surface area contributed by atoms with Crippen LogP contribution >= 0.6 is 0 Å². The average molecular weight is 357 g/mol. The summed E-state index contributed by atoms with van der Waals surface area (Å²) in [6.45, 7) is 0.704. The summed E-state index contributed by atoms with van der Waals surface area (Å²) >= 11 is 0. The molecule has 5 nitrogen and oxygen atoms in total. The smallest absolute Gasteiger partial charge is 0.257 e. The van der Waals surface area contributed by atoms with E-state index in [2.05, 4.69) is 5.32 Å². The SMILES string of the molecule is COc1ccc(C=O)cc1OCC(=O)NCC12CC3CC(CC(C3)C1)C2.